The summed E-state index contributed by atoms with van der Waals surface area (Å²) in [6.07, 6.45) is 2.44. The van der Waals surface area contributed by atoms with Crippen LogP contribution < -0.4 is 11.2 Å². The van der Waals surface area contributed by atoms with E-state index < -0.39 is 38.2 Å². The second-order valence-corrected chi connectivity index (χ2v) is 6.67. The first kappa shape index (κ1) is 16.4. The van der Waals surface area contributed by atoms with E-state index in [4.69, 9.17) is 4.74 Å². The van der Waals surface area contributed by atoms with E-state index in [1.165, 1.54) is 0 Å². The van der Waals surface area contributed by atoms with Crippen LogP contribution in [-0.4, -0.2) is 47.9 Å². The van der Waals surface area contributed by atoms with E-state index in [9.17, 15) is 22.8 Å². The summed E-state index contributed by atoms with van der Waals surface area (Å²) in [4.78, 5) is 38.1. The molecule has 1 saturated heterocycles. The SMILES string of the molecule is CCOC(=O)C1CCCCN1S(=O)(=O)c1c[nH]c(=O)[nH]c1=O. The van der Waals surface area contributed by atoms with Gasteiger partial charge in [0.15, 0.2) is 4.90 Å². The molecule has 2 heterocycles. The summed E-state index contributed by atoms with van der Waals surface area (Å²) >= 11 is 0. The first-order chi connectivity index (χ1) is 10.4. The van der Waals surface area contributed by atoms with Crippen LogP contribution in [0.15, 0.2) is 20.7 Å². The van der Waals surface area contributed by atoms with E-state index in [2.05, 4.69) is 4.98 Å². The van der Waals surface area contributed by atoms with Crippen LogP contribution in [0.2, 0.25) is 0 Å². The molecule has 22 heavy (non-hydrogen) atoms. The van der Waals surface area contributed by atoms with Gasteiger partial charge in [-0.2, -0.15) is 4.31 Å². The Labute approximate surface area is 126 Å². The topological polar surface area (TPSA) is 129 Å². The lowest BCUT2D eigenvalue weighted by Gasteiger charge is -2.32. The molecule has 1 aromatic rings. The van der Waals surface area contributed by atoms with Gasteiger partial charge in [-0.3, -0.25) is 14.6 Å². The first-order valence-corrected chi connectivity index (χ1v) is 8.32. The Bertz CT molecular complexity index is 766. The lowest BCUT2D eigenvalue weighted by Crippen LogP contribution is -2.49. The maximum atomic E-state index is 12.6. The predicted molar refractivity (Wildman–Crippen MR) is 75.8 cm³/mol. The zero-order valence-corrected chi connectivity index (χ0v) is 12.8. The number of sulfonamides is 1. The molecule has 1 fully saturated rings. The van der Waals surface area contributed by atoms with E-state index in [0.29, 0.717) is 19.3 Å². The molecule has 2 rings (SSSR count). The van der Waals surface area contributed by atoms with Gasteiger partial charge in [-0.25, -0.2) is 13.2 Å². The van der Waals surface area contributed by atoms with Crippen molar-refractivity contribution in [3.8, 4) is 0 Å². The van der Waals surface area contributed by atoms with E-state index in [-0.39, 0.29) is 13.2 Å². The molecule has 9 nitrogen and oxygen atoms in total. The number of nitrogens with zero attached hydrogens (tertiary/aromatic N) is 1. The molecule has 10 heteroatoms. The number of esters is 1. The van der Waals surface area contributed by atoms with Gasteiger partial charge in [0, 0.05) is 12.7 Å². The molecular formula is C12H17N3O6S. The Morgan fingerprint density at radius 3 is 2.77 bits per heavy atom. The second kappa shape index (κ2) is 6.44. The van der Waals surface area contributed by atoms with E-state index in [0.717, 1.165) is 10.5 Å². The minimum absolute atomic E-state index is 0.115. The number of carbonyl (C=O) groups excluding carboxylic acids is 1. The molecule has 0 aliphatic carbocycles. The van der Waals surface area contributed by atoms with Crippen molar-refractivity contribution in [3.05, 3.63) is 27.0 Å². The minimum Gasteiger partial charge on any atom is -0.465 e. The number of aromatic nitrogens is 2. The van der Waals surface area contributed by atoms with Crippen molar-refractivity contribution in [3.63, 3.8) is 0 Å². The molecule has 1 aliphatic heterocycles. The van der Waals surface area contributed by atoms with Crippen molar-refractivity contribution in [2.24, 2.45) is 0 Å². The lowest BCUT2D eigenvalue weighted by molar-refractivity contribution is -0.148. The molecule has 1 unspecified atom stereocenters. The van der Waals surface area contributed by atoms with Crippen molar-refractivity contribution in [1.29, 1.82) is 0 Å². The monoisotopic (exact) mass is 331 g/mol. The average molecular weight is 331 g/mol. The smallest absolute Gasteiger partial charge is 0.325 e. The third-order valence-corrected chi connectivity index (χ3v) is 5.30. The summed E-state index contributed by atoms with van der Waals surface area (Å²) in [5, 5.41) is 0. The van der Waals surface area contributed by atoms with Crippen LogP contribution in [0.4, 0.5) is 0 Å². The van der Waals surface area contributed by atoms with E-state index in [1.807, 2.05) is 4.98 Å². The number of carbonyl (C=O) groups is 1. The molecule has 122 valence electrons. The van der Waals surface area contributed by atoms with Gasteiger partial charge in [0.05, 0.1) is 6.61 Å². The molecule has 0 radical (unpaired) electrons. The molecule has 1 aromatic heterocycles. The van der Waals surface area contributed by atoms with Crippen LogP contribution >= 0.6 is 0 Å². The standard InChI is InChI=1S/C12H17N3O6S/c1-2-21-11(17)8-5-3-4-6-15(8)22(19,20)9-7-13-12(18)14-10(9)16/h7-8H,2-6H2,1H3,(H2,13,14,16,18). The van der Waals surface area contributed by atoms with E-state index in [1.54, 1.807) is 6.92 Å². The summed E-state index contributed by atoms with van der Waals surface area (Å²) in [6, 6.07) is -0.954. The van der Waals surface area contributed by atoms with Crippen molar-refractivity contribution < 1.29 is 17.9 Å². The van der Waals surface area contributed by atoms with Gasteiger partial charge >= 0.3 is 11.7 Å². The first-order valence-electron chi connectivity index (χ1n) is 6.88. The number of H-pyrrole nitrogens is 2. The fourth-order valence-corrected chi connectivity index (χ4v) is 4.02. The Hall–Kier alpha value is -1.94. The average Bonchev–Trinajstić information content (AvgIpc) is 2.47. The van der Waals surface area contributed by atoms with Crippen LogP contribution in [-0.2, 0) is 19.6 Å². The lowest BCUT2D eigenvalue weighted by atomic mass is 10.1. The quantitative estimate of drug-likeness (QED) is 0.693. The van der Waals surface area contributed by atoms with Crippen LogP contribution in [0.25, 0.3) is 0 Å². The van der Waals surface area contributed by atoms with Gasteiger partial charge in [0.25, 0.3) is 15.6 Å². The Kier molecular flexibility index (Phi) is 4.81. The summed E-state index contributed by atoms with van der Waals surface area (Å²) in [5.41, 5.74) is -1.82. The summed E-state index contributed by atoms with van der Waals surface area (Å²) in [6.45, 7) is 1.89. The highest BCUT2D eigenvalue weighted by Crippen LogP contribution is 2.24. The van der Waals surface area contributed by atoms with E-state index >= 15 is 0 Å². The van der Waals surface area contributed by atoms with Gasteiger partial charge in [0.2, 0.25) is 0 Å². The Morgan fingerprint density at radius 1 is 1.41 bits per heavy atom. The van der Waals surface area contributed by atoms with Crippen molar-refractivity contribution in [2.75, 3.05) is 13.2 Å². The number of ether oxygens (including phenoxy) is 1. The zero-order valence-electron chi connectivity index (χ0n) is 12.0. The molecule has 0 aromatic carbocycles. The number of aromatic amines is 2. The fourth-order valence-electron chi connectivity index (χ4n) is 2.38. The number of hydrogen-bond donors (Lipinski definition) is 2. The van der Waals surface area contributed by atoms with Gasteiger partial charge in [0.1, 0.15) is 6.04 Å². The van der Waals surface area contributed by atoms with Gasteiger partial charge in [-0.15, -0.1) is 0 Å². The molecular weight excluding hydrogens is 314 g/mol. The molecule has 0 saturated carbocycles. The number of nitrogens with one attached hydrogen (secondary N) is 2. The van der Waals surface area contributed by atoms with Crippen molar-refractivity contribution >= 4 is 16.0 Å². The molecule has 0 bridgehead atoms. The molecule has 0 spiro atoms. The van der Waals surface area contributed by atoms with Crippen molar-refractivity contribution in [2.45, 2.75) is 37.1 Å². The highest BCUT2D eigenvalue weighted by Gasteiger charge is 2.39. The minimum atomic E-state index is -4.20. The predicted octanol–water partition coefficient (Wildman–Crippen LogP) is -0.830. The third kappa shape index (κ3) is 3.12. The van der Waals surface area contributed by atoms with Gasteiger partial charge in [-0.05, 0) is 26.2 Å². The highest BCUT2D eigenvalue weighted by atomic mass is 32.2. The molecule has 1 atom stereocenters. The van der Waals surface area contributed by atoms with Crippen LogP contribution in [0.1, 0.15) is 26.2 Å². The van der Waals surface area contributed by atoms with Crippen LogP contribution in [0, 0.1) is 0 Å². The fraction of sp³-hybridized carbons (Fsp3) is 0.583. The number of piperidine rings is 1. The molecule has 2 N–H and O–H groups in total. The Morgan fingerprint density at radius 2 is 2.14 bits per heavy atom. The van der Waals surface area contributed by atoms with Crippen LogP contribution in [0.3, 0.4) is 0 Å². The van der Waals surface area contributed by atoms with Crippen LogP contribution in [0.5, 0.6) is 0 Å². The van der Waals surface area contributed by atoms with Gasteiger partial charge < -0.3 is 9.72 Å². The highest BCUT2D eigenvalue weighted by molar-refractivity contribution is 7.89. The summed E-state index contributed by atoms with van der Waals surface area (Å²) < 4.78 is 31.1. The largest absolute Gasteiger partial charge is 0.465 e. The molecule has 0 amide bonds. The Balaban J connectivity index is 2.43. The number of hydrogen-bond acceptors (Lipinski definition) is 6. The normalized spacial score (nSPS) is 19.8. The number of rotatable bonds is 4. The maximum Gasteiger partial charge on any atom is 0.325 e. The second-order valence-electron chi connectivity index (χ2n) is 4.82. The molecule has 1 aliphatic rings. The summed E-state index contributed by atoms with van der Waals surface area (Å²) in [5.74, 6) is -0.633. The third-order valence-electron chi connectivity index (χ3n) is 3.38. The van der Waals surface area contributed by atoms with Gasteiger partial charge in [-0.1, -0.05) is 0 Å². The van der Waals surface area contributed by atoms with Crippen molar-refractivity contribution in [1.82, 2.24) is 14.3 Å². The zero-order chi connectivity index (χ0) is 16.3. The maximum absolute atomic E-state index is 12.6. The summed E-state index contributed by atoms with van der Waals surface area (Å²) in [7, 11) is -4.20.